The van der Waals surface area contributed by atoms with Gasteiger partial charge in [0.05, 0.1) is 25.3 Å². The van der Waals surface area contributed by atoms with Gasteiger partial charge in [-0.2, -0.15) is 0 Å². The maximum absolute atomic E-state index is 13.0. The van der Waals surface area contributed by atoms with E-state index in [1.807, 2.05) is 24.3 Å². The Hall–Kier alpha value is -3.52. The van der Waals surface area contributed by atoms with E-state index in [4.69, 9.17) is 9.47 Å². The largest absolute Gasteiger partial charge is 0.497 e. The third-order valence-electron chi connectivity index (χ3n) is 6.22. The van der Waals surface area contributed by atoms with Crippen LogP contribution in [0.3, 0.4) is 0 Å². The molecular formula is C26H32N4O4. The summed E-state index contributed by atoms with van der Waals surface area (Å²) in [7, 11) is 1.60. The molecule has 0 bridgehead atoms. The number of urea groups is 1. The summed E-state index contributed by atoms with van der Waals surface area (Å²) in [5.41, 5.74) is 4.28. The standard InChI is InChI=1S/C26H32N4O4/c1-4-34-25(31)23-22(27-26(32)28-24(23)19-8-10-21(33-3)11-9-19)17-29-12-14-30(15-13-29)20-7-5-6-18(2)16-20/h5-11,16,24H,4,12-15,17H2,1-3H3,(H2,27,28,32)/t24-/m0/s1. The summed E-state index contributed by atoms with van der Waals surface area (Å²) < 4.78 is 10.6. The molecule has 2 aliphatic rings. The van der Waals surface area contributed by atoms with E-state index in [1.165, 1.54) is 11.3 Å². The lowest BCUT2D eigenvalue weighted by atomic mass is 9.94. The number of piperazine rings is 1. The number of nitrogens with zero attached hydrogens (tertiary/aromatic N) is 2. The summed E-state index contributed by atoms with van der Waals surface area (Å²) in [6.45, 7) is 8.00. The van der Waals surface area contributed by atoms with Crippen molar-refractivity contribution in [2.75, 3.05) is 51.3 Å². The van der Waals surface area contributed by atoms with E-state index in [0.717, 1.165) is 31.7 Å². The van der Waals surface area contributed by atoms with E-state index < -0.39 is 12.0 Å². The summed E-state index contributed by atoms with van der Waals surface area (Å²) in [6.07, 6.45) is 0. The zero-order valence-electron chi connectivity index (χ0n) is 20.0. The number of hydrogen-bond acceptors (Lipinski definition) is 6. The Labute approximate surface area is 200 Å². The number of nitrogens with one attached hydrogen (secondary N) is 2. The fourth-order valence-corrected chi connectivity index (χ4v) is 4.45. The van der Waals surface area contributed by atoms with E-state index in [-0.39, 0.29) is 12.6 Å². The van der Waals surface area contributed by atoms with Gasteiger partial charge in [0.15, 0.2) is 0 Å². The highest BCUT2D eigenvalue weighted by atomic mass is 16.5. The minimum absolute atomic E-state index is 0.258. The number of hydrogen-bond donors (Lipinski definition) is 2. The van der Waals surface area contributed by atoms with Gasteiger partial charge in [-0.15, -0.1) is 0 Å². The van der Waals surface area contributed by atoms with Crippen LogP contribution in [0, 0.1) is 6.92 Å². The summed E-state index contributed by atoms with van der Waals surface area (Å²) in [4.78, 5) is 30.2. The van der Waals surface area contributed by atoms with Gasteiger partial charge in [0, 0.05) is 44.1 Å². The van der Waals surface area contributed by atoms with Gasteiger partial charge in [-0.3, -0.25) is 4.90 Å². The number of anilines is 1. The Balaban J connectivity index is 1.55. The predicted octanol–water partition coefficient (Wildman–Crippen LogP) is 3.00. The highest BCUT2D eigenvalue weighted by molar-refractivity contribution is 5.95. The van der Waals surface area contributed by atoms with Gasteiger partial charge in [0.25, 0.3) is 0 Å². The van der Waals surface area contributed by atoms with Gasteiger partial charge in [-0.25, -0.2) is 9.59 Å². The molecule has 8 heteroatoms. The van der Waals surface area contributed by atoms with Crippen LogP contribution >= 0.6 is 0 Å². The van der Waals surface area contributed by atoms with Gasteiger partial charge < -0.3 is 25.0 Å². The van der Waals surface area contributed by atoms with Crippen molar-refractivity contribution in [2.24, 2.45) is 0 Å². The average Bonchev–Trinajstić information content (AvgIpc) is 2.84. The van der Waals surface area contributed by atoms with Crippen molar-refractivity contribution in [3.05, 3.63) is 70.9 Å². The summed E-state index contributed by atoms with van der Waals surface area (Å²) in [6, 6.07) is 14.9. The minimum Gasteiger partial charge on any atom is -0.497 e. The molecule has 2 N–H and O–H groups in total. The van der Waals surface area contributed by atoms with Crippen molar-refractivity contribution in [2.45, 2.75) is 19.9 Å². The molecular weight excluding hydrogens is 432 g/mol. The second-order valence-corrected chi connectivity index (χ2v) is 8.52. The highest BCUT2D eigenvalue weighted by Gasteiger charge is 2.34. The molecule has 2 amide bonds. The molecule has 2 heterocycles. The number of ether oxygens (including phenoxy) is 2. The Morgan fingerprint density at radius 1 is 1.09 bits per heavy atom. The van der Waals surface area contributed by atoms with Crippen LogP contribution in [-0.4, -0.2) is 63.3 Å². The van der Waals surface area contributed by atoms with Crippen LogP contribution in [0.5, 0.6) is 5.75 Å². The van der Waals surface area contributed by atoms with Crippen LogP contribution in [0.1, 0.15) is 24.1 Å². The number of carbonyl (C=O) groups excluding carboxylic acids is 2. The lowest BCUT2D eigenvalue weighted by Crippen LogP contribution is -2.51. The SMILES string of the molecule is CCOC(=O)C1=C(CN2CCN(c3cccc(C)c3)CC2)NC(=O)N[C@H]1c1ccc(OC)cc1. The fourth-order valence-electron chi connectivity index (χ4n) is 4.45. The van der Waals surface area contributed by atoms with E-state index >= 15 is 0 Å². The van der Waals surface area contributed by atoms with Gasteiger partial charge in [0.2, 0.25) is 0 Å². The maximum atomic E-state index is 13.0. The molecule has 2 aromatic rings. The molecule has 0 spiro atoms. The third kappa shape index (κ3) is 5.34. The summed E-state index contributed by atoms with van der Waals surface area (Å²) in [5, 5.41) is 5.76. The van der Waals surface area contributed by atoms with Crippen molar-refractivity contribution in [3.8, 4) is 5.75 Å². The number of benzene rings is 2. The van der Waals surface area contributed by atoms with Gasteiger partial charge in [0.1, 0.15) is 5.75 Å². The average molecular weight is 465 g/mol. The van der Waals surface area contributed by atoms with E-state index in [1.54, 1.807) is 14.0 Å². The quantitative estimate of drug-likeness (QED) is 0.613. The van der Waals surface area contributed by atoms with Crippen LogP contribution < -0.4 is 20.3 Å². The zero-order valence-corrected chi connectivity index (χ0v) is 20.0. The van der Waals surface area contributed by atoms with Crippen LogP contribution in [0.15, 0.2) is 59.8 Å². The van der Waals surface area contributed by atoms with Crippen molar-refractivity contribution in [1.29, 1.82) is 0 Å². The van der Waals surface area contributed by atoms with E-state index in [0.29, 0.717) is 23.6 Å². The highest BCUT2D eigenvalue weighted by Crippen LogP contribution is 2.29. The molecule has 1 fully saturated rings. The van der Waals surface area contributed by atoms with Gasteiger partial charge >= 0.3 is 12.0 Å². The summed E-state index contributed by atoms with van der Waals surface area (Å²) >= 11 is 0. The van der Waals surface area contributed by atoms with Crippen LogP contribution in [0.25, 0.3) is 0 Å². The van der Waals surface area contributed by atoms with Crippen LogP contribution in [0.2, 0.25) is 0 Å². The van der Waals surface area contributed by atoms with Gasteiger partial charge in [-0.1, -0.05) is 24.3 Å². The third-order valence-corrected chi connectivity index (χ3v) is 6.22. The minimum atomic E-state index is -0.595. The first-order chi connectivity index (χ1) is 16.5. The Morgan fingerprint density at radius 3 is 2.47 bits per heavy atom. The van der Waals surface area contributed by atoms with Gasteiger partial charge in [-0.05, 0) is 49.2 Å². The van der Waals surface area contributed by atoms with Crippen LogP contribution in [-0.2, 0) is 9.53 Å². The molecule has 4 rings (SSSR count). The number of aryl methyl sites for hydroxylation is 1. The molecule has 0 radical (unpaired) electrons. The van der Waals surface area contributed by atoms with E-state index in [9.17, 15) is 9.59 Å². The van der Waals surface area contributed by atoms with Crippen molar-refractivity contribution in [3.63, 3.8) is 0 Å². The number of carbonyl (C=O) groups is 2. The molecule has 1 atom stereocenters. The van der Waals surface area contributed by atoms with Crippen molar-refractivity contribution < 1.29 is 19.1 Å². The molecule has 1 saturated heterocycles. The second kappa shape index (κ2) is 10.6. The molecule has 180 valence electrons. The molecule has 0 saturated carbocycles. The topological polar surface area (TPSA) is 83.1 Å². The molecule has 0 unspecified atom stereocenters. The molecule has 2 aromatic carbocycles. The lowest BCUT2D eigenvalue weighted by molar-refractivity contribution is -0.139. The first-order valence-corrected chi connectivity index (χ1v) is 11.6. The number of esters is 1. The molecule has 0 aliphatic carbocycles. The molecule has 34 heavy (non-hydrogen) atoms. The Morgan fingerprint density at radius 2 is 1.82 bits per heavy atom. The maximum Gasteiger partial charge on any atom is 0.338 e. The second-order valence-electron chi connectivity index (χ2n) is 8.52. The Bertz CT molecular complexity index is 1060. The first kappa shape index (κ1) is 23.6. The Kier molecular flexibility index (Phi) is 7.37. The number of methoxy groups -OCH3 is 1. The molecule has 2 aliphatic heterocycles. The van der Waals surface area contributed by atoms with Crippen molar-refractivity contribution in [1.82, 2.24) is 15.5 Å². The molecule has 0 aromatic heterocycles. The lowest BCUT2D eigenvalue weighted by Gasteiger charge is -2.38. The normalized spacial score (nSPS) is 18.9. The van der Waals surface area contributed by atoms with E-state index in [2.05, 4.69) is 51.6 Å². The summed E-state index contributed by atoms with van der Waals surface area (Å²) in [5.74, 6) is 0.279. The first-order valence-electron chi connectivity index (χ1n) is 11.6. The molecule has 8 nitrogen and oxygen atoms in total. The smallest absolute Gasteiger partial charge is 0.338 e. The van der Waals surface area contributed by atoms with Crippen LogP contribution in [0.4, 0.5) is 10.5 Å². The fraction of sp³-hybridized carbons (Fsp3) is 0.385. The number of rotatable bonds is 7. The van der Waals surface area contributed by atoms with Crippen molar-refractivity contribution >= 4 is 17.7 Å². The number of amides is 2. The zero-order chi connectivity index (χ0) is 24.1. The predicted molar refractivity (Wildman–Crippen MR) is 131 cm³/mol. The monoisotopic (exact) mass is 464 g/mol.